The average Bonchev–Trinajstić information content (AvgIpc) is 3.07. The first kappa shape index (κ1) is 20.5. The second-order valence-corrected chi connectivity index (χ2v) is 7.25. The highest BCUT2D eigenvalue weighted by Gasteiger charge is 2.34. The van der Waals surface area contributed by atoms with Gasteiger partial charge in [0.25, 0.3) is 0 Å². The van der Waals surface area contributed by atoms with Crippen LogP contribution in [-0.2, 0) is 14.4 Å². The van der Waals surface area contributed by atoms with Crippen molar-refractivity contribution in [3.05, 3.63) is 33.8 Å². The molecule has 0 aromatic heterocycles. The van der Waals surface area contributed by atoms with Gasteiger partial charge in [0.15, 0.2) is 0 Å². The monoisotopic (exact) mass is 399 g/mol. The molecule has 3 amide bonds. The van der Waals surface area contributed by atoms with Crippen LogP contribution in [0.4, 0.5) is 0 Å². The van der Waals surface area contributed by atoms with E-state index in [1.165, 1.54) is 11.8 Å². The van der Waals surface area contributed by atoms with Crippen molar-refractivity contribution in [3.8, 4) is 0 Å². The van der Waals surface area contributed by atoms with E-state index in [0.29, 0.717) is 29.6 Å². The molecule has 8 heteroatoms. The molecule has 1 fully saturated rings. The molecular formula is C18H23Cl2N3O3. The summed E-state index contributed by atoms with van der Waals surface area (Å²) in [6.45, 7) is 4.07. The summed E-state index contributed by atoms with van der Waals surface area (Å²) >= 11 is 12.4. The number of rotatable bonds is 6. The van der Waals surface area contributed by atoms with Crippen molar-refractivity contribution in [1.29, 1.82) is 0 Å². The quantitative estimate of drug-likeness (QED) is 0.770. The van der Waals surface area contributed by atoms with Crippen LogP contribution in [0.2, 0.25) is 10.0 Å². The van der Waals surface area contributed by atoms with Crippen LogP contribution in [0.3, 0.4) is 0 Å². The minimum absolute atomic E-state index is 0.0647. The first-order chi connectivity index (χ1) is 12.3. The van der Waals surface area contributed by atoms with Crippen LogP contribution in [0.15, 0.2) is 18.2 Å². The van der Waals surface area contributed by atoms with Crippen molar-refractivity contribution in [2.45, 2.75) is 38.6 Å². The molecule has 2 atom stereocenters. The van der Waals surface area contributed by atoms with Gasteiger partial charge in [0.05, 0.1) is 6.54 Å². The molecule has 2 N–H and O–H groups in total. The van der Waals surface area contributed by atoms with E-state index >= 15 is 0 Å². The molecule has 0 spiro atoms. The zero-order chi connectivity index (χ0) is 19.3. The van der Waals surface area contributed by atoms with Crippen molar-refractivity contribution >= 4 is 40.9 Å². The van der Waals surface area contributed by atoms with Crippen LogP contribution < -0.4 is 10.6 Å². The highest BCUT2D eigenvalue weighted by Crippen LogP contribution is 2.31. The Labute approximate surface area is 163 Å². The van der Waals surface area contributed by atoms with Gasteiger partial charge >= 0.3 is 0 Å². The lowest BCUT2D eigenvalue weighted by molar-refractivity contribution is -0.138. The third-order valence-corrected chi connectivity index (χ3v) is 5.10. The molecule has 142 valence electrons. The normalized spacial score (nSPS) is 17.7. The van der Waals surface area contributed by atoms with Crippen molar-refractivity contribution in [1.82, 2.24) is 15.5 Å². The second-order valence-electron chi connectivity index (χ2n) is 6.44. The number of likely N-dealkylation sites (tertiary alicyclic amines) is 1. The summed E-state index contributed by atoms with van der Waals surface area (Å²) in [4.78, 5) is 37.2. The van der Waals surface area contributed by atoms with Crippen molar-refractivity contribution in [2.24, 2.45) is 0 Å². The molecule has 1 aliphatic rings. The molecule has 0 saturated carbocycles. The van der Waals surface area contributed by atoms with Gasteiger partial charge in [0.2, 0.25) is 17.7 Å². The molecule has 0 bridgehead atoms. The van der Waals surface area contributed by atoms with E-state index < -0.39 is 6.04 Å². The third kappa shape index (κ3) is 5.11. The van der Waals surface area contributed by atoms with Crippen LogP contribution in [0, 0.1) is 0 Å². The SMILES string of the molecule is CC(=O)NCC(=O)N1CCCC1C(=O)NCC(C)c1c(Cl)cccc1Cl. The summed E-state index contributed by atoms with van der Waals surface area (Å²) < 4.78 is 0. The molecular weight excluding hydrogens is 377 g/mol. The molecule has 0 aliphatic carbocycles. The van der Waals surface area contributed by atoms with E-state index in [1.54, 1.807) is 18.2 Å². The van der Waals surface area contributed by atoms with Crippen molar-refractivity contribution < 1.29 is 14.4 Å². The Hall–Kier alpha value is -1.79. The molecule has 1 saturated heterocycles. The van der Waals surface area contributed by atoms with Gasteiger partial charge in [-0.1, -0.05) is 36.2 Å². The highest BCUT2D eigenvalue weighted by atomic mass is 35.5. The Morgan fingerprint density at radius 3 is 2.50 bits per heavy atom. The van der Waals surface area contributed by atoms with Crippen LogP contribution in [0.25, 0.3) is 0 Å². The second kappa shape index (κ2) is 9.24. The Kier molecular flexibility index (Phi) is 7.29. The lowest BCUT2D eigenvalue weighted by Gasteiger charge is -2.25. The zero-order valence-corrected chi connectivity index (χ0v) is 16.4. The smallest absolute Gasteiger partial charge is 0.242 e. The topological polar surface area (TPSA) is 78.5 Å². The molecule has 1 heterocycles. The first-order valence-electron chi connectivity index (χ1n) is 8.56. The van der Waals surface area contributed by atoms with E-state index in [0.717, 1.165) is 12.0 Å². The van der Waals surface area contributed by atoms with Gasteiger partial charge in [0, 0.05) is 36.0 Å². The third-order valence-electron chi connectivity index (χ3n) is 4.44. The van der Waals surface area contributed by atoms with Crippen LogP contribution in [0.5, 0.6) is 0 Å². The van der Waals surface area contributed by atoms with E-state index in [4.69, 9.17) is 23.2 Å². The van der Waals surface area contributed by atoms with Crippen molar-refractivity contribution in [3.63, 3.8) is 0 Å². The summed E-state index contributed by atoms with van der Waals surface area (Å²) in [6, 6.07) is 4.79. The Bertz CT molecular complexity index is 676. The fourth-order valence-corrected chi connectivity index (χ4v) is 3.86. The van der Waals surface area contributed by atoms with Gasteiger partial charge in [-0.3, -0.25) is 14.4 Å². The predicted molar refractivity (Wildman–Crippen MR) is 101 cm³/mol. The van der Waals surface area contributed by atoms with E-state index in [2.05, 4.69) is 10.6 Å². The summed E-state index contributed by atoms with van der Waals surface area (Å²) in [5.41, 5.74) is 0.793. The summed E-state index contributed by atoms with van der Waals surface area (Å²) in [5, 5.41) is 6.49. The van der Waals surface area contributed by atoms with Crippen LogP contribution >= 0.6 is 23.2 Å². The van der Waals surface area contributed by atoms with Gasteiger partial charge in [0.1, 0.15) is 6.04 Å². The number of amides is 3. The molecule has 26 heavy (non-hydrogen) atoms. The lowest BCUT2D eigenvalue weighted by Crippen LogP contribution is -2.49. The minimum Gasteiger partial charge on any atom is -0.354 e. The Morgan fingerprint density at radius 2 is 1.88 bits per heavy atom. The number of nitrogens with one attached hydrogen (secondary N) is 2. The molecule has 1 aromatic rings. The Morgan fingerprint density at radius 1 is 1.23 bits per heavy atom. The molecule has 0 radical (unpaired) electrons. The number of benzene rings is 1. The van der Waals surface area contributed by atoms with E-state index in [9.17, 15) is 14.4 Å². The number of carbonyl (C=O) groups is 3. The van der Waals surface area contributed by atoms with E-state index in [1.807, 2.05) is 6.92 Å². The number of hydrogen-bond acceptors (Lipinski definition) is 3. The van der Waals surface area contributed by atoms with Gasteiger partial charge in [-0.2, -0.15) is 0 Å². The maximum absolute atomic E-state index is 12.5. The number of halogens is 2. The van der Waals surface area contributed by atoms with Gasteiger partial charge < -0.3 is 15.5 Å². The van der Waals surface area contributed by atoms with Crippen LogP contribution in [-0.4, -0.2) is 48.3 Å². The molecule has 6 nitrogen and oxygen atoms in total. The minimum atomic E-state index is -0.509. The maximum Gasteiger partial charge on any atom is 0.242 e. The summed E-state index contributed by atoms with van der Waals surface area (Å²) in [7, 11) is 0. The average molecular weight is 400 g/mol. The standard InChI is InChI=1S/C18H23Cl2N3O3/c1-11(17-13(19)5-3-6-14(17)20)9-22-18(26)15-7-4-8-23(15)16(25)10-21-12(2)24/h3,5-6,11,15H,4,7-10H2,1-2H3,(H,21,24)(H,22,26). The predicted octanol–water partition coefficient (Wildman–Crippen LogP) is 2.34. The molecule has 1 aliphatic heterocycles. The Balaban J connectivity index is 1.94. The lowest BCUT2D eigenvalue weighted by atomic mass is 10.0. The zero-order valence-electron chi connectivity index (χ0n) is 14.9. The van der Waals surface area contributed by atoms with E-state index in [-0.39, 0.29) is 30.2 Å². The van der Waals surface area contributed by atoms with Gasteiger partial charge in [-0.25, -0.2) is 0 Å². The number of hydrogen-bond donors (Lipinski definition) is 2. The first-order valence-corrected chi connectivity index (χ1v) is 9.32. The summed E-state index contributed by atoms with van der Waals surface area (Å²) in [5.74, 6) is -0.789. The molecule has 2 unspecified atom stereocenters. The van der Waals surface area contributed by atoms with Crippen LogP contribution in [0.1, 0.15) is 38.2 Å². The molecule has 2 rings (SSSR count). The number of carbonyl (C=O) groups excluding carboxylic acids is 3. The maximum atomic E-state index is 12.5. The summed E-state index contributed by atoms with van der Waals surface area (Å²) in [6.07, 6.45) is 1.37. The fourth-order valence-electron chi connectivity index (χ4n) is 3.09. The van der Waals surface area contributed by atoms with Crippen molar-refractivity contribution in [2.75, 3.05) is 19.6 Å². The van der Waals surface area contributed by atoms with Gasteiger partial charge in [-0.05, 0) is 30.5 Å². The fraction of sp³-hybridized carbons (Fsp3) is 0.500. The molecule has 1 aromatic carbocycles. The highest BCUT2D eigenvalue weighted by molar-refractivity contribution is 6.36. The number of nitrogens with zero attached hydrogens (tertiary/aromatic N) is 1. The van der Waals surface area contributed by atoms with Gasteiger partial charge in [-0.15, -0.1) is 0 Å². The largest absolute Gasteiger partial charge is 0.354 e.